The summed E-state index contributed by atoms with van der Waals surface area (Å²) in [5, 5.41) is 11.4. The van der Waals surface area contributed by atoms with Crippen molar-refractivity contribution in [3.05, 3.63) is 18.3 Å². The molecular weight excluding hydrogens is 218 g/mol. The molecule has 1 aliphatic rings. The predicted octanol–water partition coefficient (Wildman–Crippen LogP) is 0.793. The second kappa shape index (κ2) is 3.96. The molecule has 2 aromatic rings. The van der Waals surface area contributed by atoms with Gasteiger partial charge >= 0.3 is 0 Å². The van der Waals surface area contributed by atoms with Crippen LogP contribution in [0.5, 0.6) is 0 Å². The molecular formula is C11H15N5O. The first kappa shape index (κ1) is 10.5. The van der Waals surface area contributed by atoms with Crippen LogP contribution in [0.25, 0.3) is 11.4 Å². The van der Waals surface area contributed by atoms with Gasteiger partial charge in [-0.1, -0.05) is 12.1 Å². The third-order valence-corrected chi connectivity index (χ3v) is 3.24. The van der Waals surface area contributed by atoms with Gasteiger partial charge in [-0.3, -0.25) is 4.68 Å². The number of aryl methyl sites for hydroxylation is 1. The van der Waals surface area contributed by atoms with Crippen LogP contribution < -0.4 is 5.32 Å². The van der Waals surface area contributed by atoms with E-state index in [1.807, 2.05) is 13.2 Å². The number of hydrogen-bond donors (Lipinski definition) is 1. The Hall–Kier alpha value is -1.69. The lowest BCUT2D eigenvalue weighted by atomic mass is 9.98. The van der Waals surface area contributed by atoms with E-state index in [2.05, 4.69) is 27.5 Å². The van der Waals surface area contributed by atoms with Crippen LogP contribution in [0.4, 0.5) is 0 Å². The van der Waals surface area contributed by atoms with Crippen molar-refractivity contribution in [2.45, 2.75) is 12.8 Å². The fourth-order valence-electron chi connectivity index (χ4n) is 2.18. The standard InChI is InChI=1S/C11H15N5O/c1-7-3-12-5-9(7)11-14-10(15-17-11)8-4-13-16(2)6-8/h4,6-7,9,12H,3,5H2,1-2H3/t7-,9-/m1/s1. The number of rotatable bonds is 2. The maximum Gasteiger partial charge on any atom is 0.231 e. The van der Waals surface area contributed by atoms with Crippen molar-refractivity contribution in [2.24, 2.45) is 13.0 Å². The summed E-state index contributed by atoms with van der Waals surface area (Å²) in [5.41, 5.74) is 0.890. The van der Waals surface area contributed by atoms with Gasteiger partial charge in [0.05, 0.1) is 17.7 Å². The molecule has 0 amide bonds. The quantitative estimate of drug-likeness (QED) is 0.830. The fourth-order valence-corrected chi connectivity index (χ4v) is 2.18. The Morgan fingerprint density at radius 2 is 2.35 bits per heavy atom. The van der Waals surface area contributed by atoms with Crippen molar-refractivity contribution in [3.8, 4) is 11.4 Å². The van der Waals surface area contributed by atoms with Crippen LogP contribution in [0, 0.1) is 5.92 Å². The molecule has 0 spiro atoms. The zero-order valence-electron chi connectivity index (χ0n) is 9.92. The molecule has 0 bridgehead atoms. The van der Waals surface area contributed by atoms with Gasteiger partial charge in [0.1, 0.15) is 0 Å². The Kier molecular flexibility index (Phi) is 2.44. The zero-order valence-corrected chi connectivity index (χ0v) is 9.92. The van der Waals surface area contributed by atoms with E-state index in [9.17, 15) is 0 Å². The van der Waals surface area contributed by atoms with Crippen LogP contribution in [-0.4, -0.2) is 33.0 Å². The molecule has 1 N–H and O–H groups in total. The first-order valence-corrected chi connectivity index (χ1v) is 5.77. The van der Waals surface area contributed by atoms with Gasteiger partial charge in [0.15, 0.2) is 0 Å². The molecule has 2 atom stereocenters. The van der Waals surface area contributed by atoms with E-state index in [0.717, 1.165) is 24.5 Å². The topological polar surface area (TPSA) is 68.8 Å². The highest BCUT2D eigenvalue weighted by Gasteiger charge is 2.29. The van der Waals surface area contributed by atoms with E-state index < -0.39 is 0 Å². The Bertz CT molecular complexity index is 517. The number of aromatic nitrogens is 4. The zero-order chi connectivity index (χ0) is 11.8. The van der Waals surface area contributed by atoms with Crippen molar-refractivity contribution in [3.63, 3.8) is 0 Å². The van der Waals surface area contributed by atoms with Crippen LogP contribution in [0.15, 0.2) is 16.9 Å². The molecule has 3 heterocycles. The molecule has 1 aliphatic heterocycles. The molecule has 6 heteroatoms. The average Bonchev–Trinajstić information content (AvgIpc) is 2.97. The maximum atomic E-state index is 5.34. The lowest BCUT2D eigenvalue weighted by molar-refractivity contribution is 0.340. The van der Waals surface area contributed by atoms with Crippen LogP contribution >= 0.6 is 0 Å². The fraction of sp³-hybridized carbons (Fsp3) is 0.545. The van der Waals surface area contributed by atoms with Crippen LogP contribution in [0.3, 0.4) is 0 Å². The molecule has 0 saturated carbocycles. The summed E-state index contributed by atoms with van der Waals surface area (Å²) in [6, 6.07) is 0. The Labute approximate surface area is 99.0 Å². The molecule has 1 saturated heterocycles. The molecule has 0 unspecified atom stereocenters. The monoisotopic (exact) mass is 233 g/mol. The largest absolute Gasteiger partial charge is 0.339 e. The second-order valence-electron chi connectivity index (χ2n) is 4.60. The minimum absolute atomic E-state index is 0.327. The molecule has 17 heavy (non-hydrogen) atoms. The van der Waals surface area contributed by atoms with Gasteiger partial charge in [0, 0.05) is 19.8 Å². The number of nitrogens with zero attached hydrogens (tertiary/aromatic N) is 4. The van der Waals surface area contributed by atoms with Crippen molar-refractivity contribution in [2.75, 3.05) is 13.1 Å². The molecule has 3 rings (SSSR count). The van der Waals surface area contributed by atoms with E-state index in [4.69, 9.17) is 4.52 Å². The summed E-state index contributed by atoms with van der Waals surface area (Å²) in [4.78, 5) is 4.46. The summed E-state index contributed by atoms with van der Waals surface area (Å²) in [5.74, 6) is 2.21. The first-order valence-electron chi connectivity index (χ1n) is 5.77. The highest BCUT2D eigenvalue weighted by Crippen LogP contribution is 2.27. The van der Waals surface area contributed by atoms with Gasteiger partial charge in [-0.2, -0.15) is 10.1 Å². The predicted molar refractivity (Wildman–Crippen MR) is 61.3 cm³/mol. The smallest absolute Gasteiger partial charge is 0.231 e. The first-order chi connectivity index (χ1) is 8.24. The SMILES string of the molecule is C[C@@H]1CNC[C@H]1c1nc(-c2cnn(C)c2)no1. The minimum Gasteiger partial charge on any atom is -0.339 e. The third-order valence-electron chi connectivity index (χ3n) is 3.24. The highest BCUT2D eigenvalue weighted by molar-refractivity contribution is 5.51. The van der Waals surface area contributed by atoms with Gasteiger partial charge in [0.2, 0.25) is 11.7 Å². The highest BCUT2D eigenvalue weighted by atomic mass is 16.5. The molecule has 90 valence electrons. The van der Waals surface area contributed by atoms with E-state index >= 15 is 0 Å². The molecule has 1 fully saturated rings. The van der Waals surface area contributed by atoms with Gasteiger partial charge in [-0.15, -0.1) is 0 Å². The van der Waals surface area contributed by atoms with Crippen molar-refractivity contribution < 1.29 is 4.52 Å². The Balaban J connectivity index is 1.87. The summed E-state index contributed by atoms with van der Waals surface area (Å²) >= 11 is 0. The maximum absolute atomic E-state index is 5.34. The summed E-state index contributed by atoms with van der Waals surface area (Å²) in [6.45, 7) is 4.11. The van der Waals surface area contributed by atoms with Crippen LogP contribution in [-0.2, 0) is 7.05 Å². The van der Waals surface area contributed by atoms with Gasteiger partial charge in [-0.05, 0) is 12.5 Å². The van der Waals surface area contributed by atoms with Gasteiger partial charge in [0.25, 0.3) is 0 Å². The van der Waals surface area contributed by atoms with Gasteiger partial charge < -0.3 is 9.84 Å². The molecule has 6 nitrogen and oxygen atoms in total. The van der Waals surface area contributed by atoms with Gasteiger partial charge in [-0.25, -0.2) is 0 Å². The molecule has 0 aliphatic carbocycles. The lowest BCUT2D eigenvalue weighted by Crippen LogP contribution is -2.08. The normalized spacial score (nSPS) is 24.4. The summed E-state index contributed by atoms with van der Waals surface area (Å²) < 4.78 is 7.07. The summed E-state index contributed by atoms with van der Waals surface area (Å²) in [6.07, 6.45) is 3.62. The van der Waals surface area contributed by atoms with Crippen LogP contribution in [0.2, 0.25) is 0 Å². The van der Waals surface area contributed by atoms with E-state index in [-0.39, 0.29) is 0 Å². The Morgan fingerprint density at radius 1 is 1.47 bits per heavy atom. The minimum atomic E-state index is 0.327. The number of nitrogens with one attached hydrogen (secondary N) is 1. The van der Waals surface area contributed by atoms with Crippen LogP contribution in [0.1, 0.15) is 18.7 Å². The van der Waals surface area contributed by atoms with Crippen molar-refractivity contribution >= 4 is 0 Å². The van der Waals surface area contributed by atoms with E-state index in [0.29, 0.717) is 17.7 Å². The second-order valence-corrected chi connectivity index (χ2v) is 4.60. The molecule has 2 aromatic heterocycles. The average molecular weight is 233 g/mol. The van der Waals surface area contributed by atoms with E-state index in [1.165, 1.54) is 0 Å². The van der Waals surface area contributed by atoms with Crippen molar-refractivity contribution in [1.82, 2.24) is 25.2 Å². The molecule has 0 radical (unpaired) electrons. The van der Waals surface area contributed by atoms with Crippen molar-refractivity contribution in [1.29, 1.82) is 0 Å². The molecule has 0 aromatic carbocycles. The third kappa shape index (κ3) is 1.84. The van der Waals surface area contributed by atoms with E-state index in [1.54, 1.807) is 10.9 Å². The number of hydrogen-bond acceptors (Lipinski definition) is 5. The lowest BCUT2D eigenvalue weighted by Gasteiger charge is -2.07. The Morgan fingerprint density at radius 3 is 3.00 bits per heavy atom. The summed E-state index contributed by atoms with van der Waals surface area (Å²) in [7, 11) is 1.87.